The van der Waals surface area contributed by atoms with Crippen LogP contribution in [0.5, 0.6) is 0 Å². The van der Waals surface area contributed by atoms with Crippen molar-refractivity contribution in [1.82, 2.24) is 30.0 Å². The monoisotopic (exact) mass is 295 g/mol. The molecule has 3 heterocycles. The lowest BCUT2D eigenvalue weighted by Crippen LogP contribution is -2.28. The van der Waals surface area contributed by atoms with E-state index in [1.165, 1.54) is 17.3 Å². The van der Waals surface area contributed by atoms with Crippen LogP contribution in [0.3, 0.4) is 0 Å². The Labute approximate surface area is 126 Å². The summed E-state index contributed by atoms with van der Waals surface area (Å²) in [6, 6.07) is 6.85. The number of nitrogens with one attached hydrogen (secondary N) is 2. The first-order valence-electron chi connectivity index (χ1n) is 6.57. The van der Waals surface area contributed by atoms with Crippen LogP contribution in [0, 0.1) is 0 Å². The fourth-order valence-electron chi connectivity index (χ4n) is 1.85. The zero-order valence-electron chi connectivity index (χ0n) is 11.5. The van der Waals surface area contributed by atoms with Crippen LogP contribution in [0.1, 0.15) is 5.56 Å². The summed E-state index contributed by atoms with van der Waals surface area (Å²) in [7, 11) is 0. The SMILES string of the molecule is O=C(NCc1cccnc1)Nc1cccnc1-n1cncn1. The number of urea groups is 1. The molecule has 0 atom stereocenters. The number of hydrogen-bond donors (Lipinski definition) is 2. The zero-order chi connectivity index (χ0) is 15.2. The van der Waals surface area contributed by atoms with Gasteiger partial charge in [0.15, 0.2) is 5.82 Å². The molecule has 110 valence electrons. The molecule has 0 saturated heterocycles. The number of amides is 2. The summed E-state index contributed by atoms with van der Waals surface area (Å²) in [4.78, 5) is 24.1. The Kier molecular flexibility index (Phi) is 4.01. The first-order chi connectivity index (χ1) is 10.8. The predicted octanol–water partition coefficient (Wildman–Crippen LogP) is 1.38. The van der Waals surface area contributed by atoms with Crippen molar-refractivity contribution >= 4 is 11.7 Å². The van der Waals surface area contributed by atoms with Crippen LogP contribution in [0.4, 0.5) is 10.5 Å². The molecule has 3 aromatic heterocycles. The number of nitrogens with zero attached hydrogens (tertiary/aromatic N) is 5. The van der Waals surface area contributed by atoms with E-state index >= 15 is 0 Å². The fraction of sp³-hybridized carbons (Fsp3) is 0.0714. The molecule has 0 saturated carbocycles. The fourth-order valence-corrected chi connectivity index (χ4v) is 1.85. The largest absolute Gasteiger partial charge is 0.334 e. The highest BCUT2D eigenvalue weighted by molar-refractivity contribution is 5.90. The van der Waals surface area contributed by atoms with Gasteiger partial charge in [0, 0.05) is 25.1 Å². The van der Waals surface area contributed by atoms with E-state index in [-0.39, 0.29) is 6.03 Å². The summed E-state index contributed by atoms with van der Waals surface area (Å²) in [6.45, 7) is 0.387. The molecule has 3 rings (SSSR count). The van der Waals surface area contributed by atoms with Crippen molar-refractivity contribution < 1.29 is 4.79 Å². The standard InChI is InChI=1S/C14H13N7O/c22-14(18-8-11-3-1-5-15-7-11)20-12-4-2-6-17-13(12)21-10-16-9-19-21/h1-7,9-10H,8H2,(H2,18,20,22). The van der Waals surface area contributed by atoms with Crippen molar-refractivity contribution in [2.24, 2.45) is 0 Å². The quantitative estimate of drug-likeness (QED) is 0.757. The summed E-state index contributed by atoms with van der Waals surface area (Å²) < 4.78 is 1.48. The van der Waals surface area contributed by atoms with E-state index in [1.807, 2.05) is 12.1 Å². The number of hydrogen-bond acceptors (Lipinski definition) is 5. The number of anilines is 1. The van der Waals surface area contributed by atoms with E-state index in [0.29, 0.717) is 18.1 Å². The van der Waals surface area contributed by atoms with Crippen LogP contribution in [-0.4, -0.2) is 30.8 Å². The molecule has 0 spiro atoms. The molecule has 2 amide bonds. The molecule has 0 aliphatic heterocycles. The normalized spacial score (nSPS) is 10.2. The highest BCUT2D eigenvalue weighted by atomic mass is 16.2. The van der Waals surface area contributed by atoms with Crippen LogP contribution in [-0.2, 0) is 6.54 Å². The average molecular weight is 295 g/mol. The predicted molar refractivity (Wildman–Crippen MR) is 79.2 cm³/mol. The highest BCUT2D eigenvalue weighted by Gasteiger charge is 2.09. The first kappa shape index (κ1) is 13.7. The van der Waals surface area contributed by atoms with Gasteiger partial charge in [-0.25, -0.2) is 19.4 Å². The van der Waals surface area contributed by atoms with Crippen molar-refractivity contribution in [1.29, 1.82) is 0 Å². The van der Waals surface area contributed by atoms with E-state index in [1.54, 1.807) is 30.7 Å². The molecule has 8 nitrogen and oxygen atoms in total. The van der Waals surface area contributed by atoms with Gasteiger partial charge in [-0.1, -0.05) is 6.07 Å². The minimum Gasteiger partial charge on any atom is -0.334 e. The summed E-state index contributed by atoms with van der Waals surface area (Å²) >= 11 is 0. The van der Waals surface area contributed by atoms with Gasteiger partial charge in [-0.2, -0.15) is 5.10 Å². The third-order valence-electron chi connectivity index (χ3n) is 2.85. The molecule has 2 N–H and O–H groups in total. The van der Waals surface area contributed by atoms with Crippen LogP contribution < -0.4 is 10.6 Å². The van der Waals surface area contributed by atoms with Crippen LogP contribution >= 0.6 is 0 Å². The number of carbonyl (C=O) groups excluding carboxylic acids is 1. The highest BCUT2D eigenvalue weighted by Crippen LogP contribution is 2.15. The van der Waals surface area contributed by atoms with E-state index in [0.717, 1.165) is 5.56 Å². The molecule has 0 unspecified atom stereocenters. The van der Waals surface area contributed by atoms with E-state index in [4.69, 9.17) is 0 Å². The van der Waals surface area contributed by atoms with Gasteiger partial charge in [-0.15, -0.1) is 0 Å². The number of pyridine rings is 2. The molecule has 3 aromatic rings. The molecule has 0 aliphatic carbocycles. The Morgan fingerprint density at radius 1 is 1.18 bits per heavy atom. The molecule has 0 bridgehead atoms. The van der Waals surface area contributed by atoms with Gasteiger partial charge in [-0.05, 0) is 23.8 Å². The van der Waals surface area contributed by atoms with Gasteiger partial charge in [-0.3, -0.25) is 4.98 Å². The second-order valence-electron chi connectivity index (χ2n) is 4.38. The Morgan fingerprint density at radius 3 is 2.86 bits per heavy atom. The maximum Gasteiger partial charge on any atom is 0.319 e. The summed E-state index contributed by atoms with van der Waals surface area (Å²) in [5.41, 5.74) is 1.46. The molecule has 0 aliphatic rings. The molecule has 0 radical (unpaired) electrons. The Morgan fingerprint density at radius 2 is 2.09 bits per heavy atom. The summed E-state index contributed by atoms with van der Waals surface area (Å²) in [6.07, 6.45) is 7.92. The molecule has 0 aromatic carbocycles. The molecule has 8 heteroatoms. The second kappa shape index (κ2) is 6.44. The maximum absolute atomic E-state index is 12.0. The molecular weight excluding hydrogens is 282 g/mol. The average Bonchev–Trinajstić information content (AvgIpc) is 3.09. The molecular formula is C14H13N7O. The van der Waals surface area contributed by atoms with Gasteiger partial charge < -0.3 is 10.6 Å². The second-order valence-corrected chi connectivity index (χ2v) is 4.38. The van der Waals surface area contributed by atoms with Gasteiger partial charge >= 0.3 is 6.03 Å². The van der Waals surface area contributed by atoms with Crippen LogP contribution in [0.25, 0.3) is 5.82 Å². The lowest BCUT2D eigenvalue weighted by Gasteiger charge is -2.10. The number of carbonyl (C=O) groups is 1. The maximum atomic E-state index is 12.0. The molecule has 22 heavy (non-hydrogen) atoms. The molecule has 0 fully saturated rings. The van der Waals surface area contributed by atoms with Gasteiger partial charge in [0.1, 0.15) is 12.7 Å². The summed E-state index contributed by atoms with van der Waals surface area (Å²) in [5.74, 6) is 0.497. The minimum atomic E-state index is -0.335. The van der Waals surface area contributed by atoms with Gasteiger partial charge in [0.25, 0.3) is 0 Å². The van der Waals surface area contributed by atoms with Crippen molar-refractivity contribution in [3.05, 3.63) is 61.1 Å². The van der Waals surface area contributed by atoms with E-state index < -0.39 is 0 Å². The number of aromatic nitrogens is 5. The Balaban J connectivity index is 1.67. The van der Waals surface area contributed by atoms with Crippen molar-refractivity contribution in [2.45, 2.75) is 6.54 Å². The lowest BCUT2D eigenvalue weighted by atomic mass is 10.3. The Hall–Kier alpha value is -3.29. The minimum absolute atomic E-state index is 0.335. The van der Waals surface area contributed by atoms with Crippen LogP contribution in [0.2, 0.25) is 0 Å². The number of rotatable bonds is 4. The topological polar surface area (TPSA) is 97.6 Å². The zero-order valence-corrected chi connectivity index (χ0v) is 11.5. The van der Waals surface area contributed by atoms with E-state index in [9.17, 15) is 4.79 Å². The van der Waals surface area contributed by atoms with Crippen molar-refractivity contribution in [2.75, 3.05) is 5.32 Å². The van der Waals surface area contributed by atoms with Crippen molar-refractivity contribution in [3.63, 3.8) is 0 Å². The Bertz CT molecular complexity index is 743. The summed E-state index contributed by atoms with van der Waals surface area (Å²) in [5, 5.41) is 9.52. The van der Waals surface area contributed by atoms with Gasteiger partial charge in [0.2, 0.25) is 0 Å². The van der Waals surface area contributed by atoms with Gasteiger partial charge in [0.05, 0.1) is 5.69 Å². The lowest BCUT2D eigenvalue weighted by molar-refractivity contribution is 0.251. The third kappa shape index (κ3) is 3.23. The van der Waals surface area contributed by atoms with Crippen molar-refractivity contribution in [3.8, 4) is 5.82 Å². The smallest absolute Gasteiger partial charge is 0.319 e. The third-order valence-corrected chi connectivity index (χ3v) is 2.85. The van der Waals surface area contributed by atoms with E-state index in [2.05, 4.69) is 30.7 Å². The van der Waals surface area contributed by atoms with Crippen LogP contribution in [0.15, 0.2) is 55.5 Å². The first-order valence-corrected chi connectivity index (χ1v) is 6.57.